The maximum absolute atomic E-state index is 3.64. The highest BCUT2D eigenvalue weighted by Gasteiger charge is 2.10. The molecule has 0 spiro atoms. The van der Waals surface area contributed by atoms with E-state index >= 15 is 0 Å². The highest BCUT2D eigenvalue weighted by Crippen LogP contribution is 2.38. The quantitative estimate of drug-likeness (QED) is 0.312. The minimum Gasteiger partial charge on any atom is -0.355 e. The maximum Gasteiger partial charge on any atom is 0.0464 e. The molecule has 0 aromatic heterocycles. The Labute approximate surface area is 169 Å². The van der Waals surface area contributed by atoms with Crippen molar-refractivity contribution in [1.29, 1.82) is 0 Å². The second-order valence-electron chi connectivity index (χ2n) is 7.54. The molecule has 0 aliphatic carbocycles. The molecule has 136 valence electrons. The van der Waals surface area contributed by atoms with Crippen LogP contribution in [0.5, 0.6) is 0 Å². The molecule has 0 amide bonds. The predicted molar refractivity (Wildman–Crippen MR) is 125 cm³/mol. The van der Waals surface area contributed by atoms with Gasteiger partial charge in [-0.25, -0.2) is 0 Å². The van der Waals surface area contributed by atoms with Gasteiger partial charge in [-0.05, 0) is 56.3 Å². The van der Waals surface area contributed by atoms with Gasteiger partial charge in [0.1, 0.15) is 0 Å². The van der Waals surface area contributed by atoms with E-state index in [1.807, 2.05) is 6.07 Å². The summed E-state index contributed by atoms with van der Waals surface area (Å²) in [6.45, 7) is 0. The first kappa shape index (κ1) is 16.1. The van der Waals surface area contributed by atoms with E-state index < -0.39 is 0 Å². The molecule has 0 aliphatic heterocycles. The Bertz CT molecular complexity index is 1430. The van der Waals surface area contributed by atoms with Crippen molar-refractivity contribution >= 4 is 43.7 Å². The first-order valence-electron chi connectivity index (χ1n) is 9.96. The van der Waals surface area contributed by atoms with Crippen molar-refractivity contribution in [2.45, 2.75) is 0 Å². The van der Waals surface area contributed by atoms with Gasteiger partial charge in [0.2, 0.25) is 0 Å². The topological polar surface area (TPSA) is 12.0 Å². The number of rotatable bonds is 3. The maximum atomic E-state index is 3.64. The van der Waals surface area contributed by atoms with Crippen LogP contribution in [0.2, 0.25) is 0 Å². The van der Waals surface area contributed by atoms with Gasteiger partial charge in [-0.3, -0.25) is 0 Å². The molecule has 0 aliphatic rings. The van der Waals surface area contributed by atoms with Crippen LogP contribution in [0.1, 0.15) is 0 Å². The van der Waals surface area contributed by atoms with Gasteiger partial charge in [-0.2, -0.15) is 0 Å². The molecule has 1 heteroatoms. The average molecular weight is 369 g/mol. The van der Waals surface area contributed by atoms with Crippen LogP contribution in [0, 0.1) is 0 Å². The molecule has 0 fully saturated rings. The number of hydrogen-bond acceptors (Lipinski definition) is 1. The zero-order valence-electron chi connectivity index (χ0n) is 15.9. The van der Waals surface area contributed by atoms with E-state index in [9.17, 15) is 0 Å². The normalized spacial score (nSPS) is 11.4. The molecule has 1 N–H and O–H groups in total. The third kappa shape index (κ3) is 2.63. The smallest absolute Gasteiger partial charge is 0.0464 e. The second kappa shape index (κ2) is 6.35. The molecule has 0 saturated heterocycles. The van der Waals surface area contributed by atoms with Crippen LogP contribution >= 0.6 is 0 Å². The van der Waals surface area contributed by atoms with Crippen LogP contribution < -0.4 is 5.32 Å². The fourth-order valence-corrected chi connectivity index (χ4v) is 4.38. The average Bonchev–Trinajstić information content (AvgIpc) is 2.79. The van der Waals surface area contributed by atoms with Crippen LogP contribution in [-0.4, -0.2) is 0 Å². The van der Waals surface area contributed by atoms with Crippen LogP contribution in [0.3, 0.4) is 0 Å². The van der Waals surface area contributed by atoms with Crippen molar-refractivity contribution in [2.75, 3.05) is 5.32 Å². The summed E-state index contributed by atoms with van der Waals surface area (Å²) in [6, 6.07) is 39.0. The van der Waals surface area contributed by atoms with Crippen molar-refractivity contribution in [1.82, 2.24) is 0 Å². The molecule has 0 unspecified atom stereocenters. The van der Waals surface area contributed by atoms with Gasteiger partial charge >= 0.3 is 0 Å². The van der Waals surface area contributed by atoms with E-state index in [4.69, 9.17) is 0 Å². The standard InChI is InChI=1S/C28H19N/c1-2-5-19(6-3-1)20-11-15-24(16-12-20)29-26-18-14-23-10-9-21-7-4-8-22-13-17-25(26)28(23)27(21)22/h1-18,29H. The van der Waals surface area contributed by atoms with E-state index in [1.165, 1.54) is 43.4 Å². The summed E-state index contributed by atoms with van der Waals surface area (Å²) in [6.07, 6.45) is 0. The lowest BCUT2D eigenvalue weighted by Gasteiger charge is -2.15. The minimum absolute atomic E-state index is 1.10. The molecule has 6 aromatic rings. The molecule has 0 radical (unpaired) electrons. The third-order valence-electron chi connectivity index (χ3n) is 5.80. The lowest BCUT2D eigenvalue weighted by molar-refractivity contribution is 1.56. The Morgan fingerprint density at radius 1 is 0.414 bits per heavy atom. The molecule has 0 saturated carbocycles. The lowest BCUT2D eigenvalue weighted by atomic mass is 9.93. The zero-order chi connectivity index (χ0) is 19.2. The second-order valence-corrected chi connectivity index (χ2v) is 7.54. The monoisotopic (exact) mass is 369 g/mol. The zero-order valence-corrected chi connectivity index (χ0v) is 15.9. The SMILES string of the molecule is c1ccc(-c2ccc(Nc3ccc4ccc5cccc6ccc3c4c56)cc2)cc1. The Hall–Kier alpha value is -3.84. The van der Waals surface area contributed by atoms with Crippen molar-refractivity contribution < 1.29 is 0 Å². The summed E-state index contributed by atoms with van der Waals surface area (Å²) in [5, 5.41) is 11.5. The predicted octanol–water partition coefficient (Wildman–Crippen LogP) is 7.99. The van der Waals surface area contributed by atoms with Gasteiger partial charge in [0.15, 0.2) is 0 Å². The van der Waals surface area contributed by atoms with Crippen molar-refractivity contribution in [3.05, 3.63) is 109 Å². The van der Waals surface area contributed by atoms with Crippen LogP contribution in [-0.2, 0) is 0 Å². The van der Waals surface area contributed by atoms with Gasteiger partial charge in [0.25, 0.3) is 0 Å². The van der Waals surface area contributed by atoms with Gasteiger partial charge in [-0.1, -0.05) is 91.0 Å². The third-order valence-corrected chi connectivity index (χ3v) is 5.80. The molecule has 1 nitrogen and oxygen atoms in total. The first-order valence-corrected chi connectivity index (χ1v) is 9.96. The van der Waals surface area contributed by atoms with Crippen LogP contribution in [0.25, 0.3) is 43.4 Å². The molecule has 0 bridgehead atoms. The van der Waals surface area contributed by atoms with E-state index in [1.54, 1.807) is 0 Å². The van der Waals surface area contributed by atoms with Crippen molar-refractivity contribution in [3.8, 4) is 11.1 Å². The number of benzene rings is 6. The molecule has 6 rings (SSSR count). The largest absolute Gasteiger partial charge is 0.355 e. The van der Waals surface area contributed by atoms with Gasteiger partial charge in [-0.15, -0.1) is 0 Å². The van der Waals surface area contributed by atoms with E-state index in [-0.39, 0.29) is 0 Å². The summed E-state index contributed by atoms with van der Waals surface area (Å²) < 4.78 is 0. The van der Waals surface area contributed by atoms with Gasteiger partial charge < -0.3 is 5.32 Å². The highest BCUT2D eigenvalue weighted by molar-refractivity contribution is 6.25. The highest BCUT2D eigenvalue weighted by atomic mass is 14.9. The van der Waals surface area contributed by atoms with Crippen molar-refractivity contribution in [3.63, 3.8) is 0 Å². The molecule has 29 heavy (non-hydrogen) atoms. The lowest BCUT2D eigenvalue weighted by Crippen LogP contribution is -1.93. The Balaban J connectivity index is 1.45. The first-order chi connectivity index (χ1) is 14.4. The molecule has 0 atom stereocenters. The fourth-order valence-electron chi connectivity index (χ4n) is 4.38. The molecule has 6 aromatic carbocycles. The Morgan fingerprint density at radius 2 is 1.03 bits per heavy atom. The molecule has 0 heterocycles. The molecular formula is C28H19N. The summed E-state index contributed by atoms with van der Waals surface area (Å²) in [7, 11) is 0. The summed E-state index contributed by atoms with van der Waals surface area (Å²) in [5.74, 6) is 0. The van der Waals surface area contributed by atoms with E-state index in [2.05, 4.69) is 108 Å². The Kier molecular flexibility index (Phi) is 3.54. The number of nitrogens with one attached hydrogen (secondary N) is 1. The van der Waals surface area contributed by atoms with Crippen LogP contribution in [0.15, 0.2) is 109 Å². The van der Waals surface area contributed by atoms with Gasteiger partial charge in [0.05, 0.1) is 0 Å². The number of hydrogen-bond donors (Lipinski definition) is 1. The summed E-state index contributed by atoms with van der Waals surface area (Å²) >= 11 is 0. The van der Waals surface area contributed by atoms with Gasteiger partial charge in [0, 0.05) is 16.8 Å². The Morgan fingerprint density at radius 3 is 1.79 bits per heavy atom. The fraction of sp³-hybridized carbons (Fsp3) is 0. The summed E-state index contributed by atoms with van der Waals surface area (Å²) in [4.78, 5) is 0. The molecular weight excluding hydrogens is 350 g/mol. The van der Waals surface area contributed by atoms with E-state index in [0.29, 0.717) is 0 Å². The minimum atomic E-state index is 1.10. The van der Waals surface area contributed by atoms with E-state index in [0.717, 1.165) is 11.4 Å². The van der Waals surface area contributed by atoms with Crippen LogP contribution in [0.4, 0.5) is 11.4 Å². The number of anilines is 2. The summed E-state index contributed by atoms with van der Waals surface area (Å²) in [5.41, 5.74) is 4.70. The van der Waals surface area contributed by atoms with Crippen molar-refractivity contribution in [2.24, 2.45) is 0 Å².